The zero-order chi connectivity index (χ0) is 22.3. The zero-order valence-electron chi connectivity index (χ0n) is 17.1. The highest BCUT2D eigenvalue weighted by atomic mass is 19.1. The first-order valence-electron chi connectivity index (χ1n) is 10.1. The fourth-order valence-corrected chi connectivity index (χ4v) is 3.17. The largest absolute Gasteiger partial charge is 0.459 e. The normalized spacial score (nSPS) is 10.7. The summed E-state index contributed by atoms with van der Waals surface area (Å²) in [5.41, 5.74) is 3.05. The van der Waals surface area contributed by atoms with Crippen molar-refractivity contribution in [3.05, 3.63) is 96.3 Å². The summed E-state index contributed by atoms with van der Waals surface area (Å²) in [5, 5.41) is 10.1. The van der Waals surface area contributed by atoms with E-state index in [9.17, 15) is 14.0 Å². The average molecular weight is 432 g/mol. The molecule has 0 bridgehead atoms. The molecule has 0 aliphatic carbocycles. The summed E-state index contributed by atoms with van der Waals surface area (Å²) in [6.45, 7) is 0.421. The lowest BCUT2D eigenvalue weighted by Crippen LogP contribution is -2.30. The molecule has 4 rings (SSSR count). The molecule has 32 heavy (non-hydrogen) atoms. The molecule has 2 N–H and O–H groups in total. The molecule has 0 unspecified atom stereocenters. The summed E-state index contributed by atoms with van der Waals surface area (Å²) in [5.74, 6) is -0.724. The van der Waals surface area contributed by atoms with E-state index in [4.69, 9.17) is 4.42 Å². The van der Waals surface area contributed by atoms with Crippen LogP contribution in [0.3, 0.4) is 0 Å². The third-order valence-corrected chi connectivity index (χ3v) is 4.79. The van der Waals surface area contributed by atoms with Gasteiger partial charge in [-0.2, -0.15) is 5.10 Å². The average Bonchev–Trinajstić information content (AvgIpc) is 3.49. The van der Waals surface area contributed by atoms with Crippen molar-refractivity contribution in [2.45, 2.75) is 13.0 Å². The van der Waals surface area contributed by atoms with Crippen LogP contribution in [0.4, 0.5) is 4.39 Å². The van der Waals surface area contributed by atoms with Crippen LogP contribution in [0.25, 0.3) is 16.9 Å². The Balaban J connectivity index is 1.42. The first-order valence-corrected chi connectivity index (χ1v) is 10.1. The number of nitrogens with one attached hydrogen (secondary N) is 2. The molecule has 2 aromatic carbocycles. The minimum Gasteiger partial charge on any atom is -0.459 e. The fraction of sp³-hybridized carbons (Fsp3) is 0.125. The van der Waals surface area contributed by atoms with Gasteiger partial charge in [0.25, 0.3) is 5.91 Å². The van der Waals surface area contributed by atoms with Gasteiger partial charge in [0, 0.05) is 36.8 Å². The number of benzene rings is 2. The van der Waals surface area contributed by atoms with E-state index in [0.717, 1.165) is 16.8 Å². The molecule has 2 aromatic heterocycles. The Bertz CT molecular complexity index is 1190. The Labute approximate surface area is 183 Å². The second-order valence-electron chi connectivity index (χ2n) is 7.05. The molecule has 0 aliphatic rings. The number of carbonyl (C=O) groups excluding carboxylic acids is 2. The van der Waals surface area contributed by atoms with Crippen LogP contribution < -0.4 is 10.6 Å². The molecule has 2 heterocycles. The highest BCUT2D eigenvalue weighted by Gasteiger charge is 2.14. The van der Waals surface area contributed by atoms with Gasteiger partial charge in [0.1, 0.15) is 5.82 Å². The van der Waals surface area contributed by atoms with E-state index in [2.05, 4.69) is 15.7 Å². The van der Waals surface area contributed by atoms with E-state index in [1.54, 1.807) is 28.9 Å². The second-order valence-corrected chi connectivity index (χ2v) is 7.05. The fourth-order valence-electron chi connectivity index (χ4n) is 3.17. The molecule has 4 aromatic rings. The van der Waals surface area contributed by atoms with Crippen LogP contribution in [0.15, 0.2) is 83.6 Å². The van der Waals surface area contributed by atoms with Crippen molar-refractivity contribution in [3.8, 4) is 16.9 Å². The number of para-hydroxylation sites is 1. The molecule has 8 heteroatoms. The van der Waals surface area contributed by atoms with E-state index in [-0.39, 0.29) is 42.9 Å². The number of aromatic nitrogens is 2. The van der Waals surface area contributed by atoms with Gasteiger partial charge in [0.15, 0.2) is 5.76 Å². The molecule has 2 amide bonds. The predicted molar refractivity (Wildman–Crippen MR) is 116 cm³/mol. The van der Waals surface area contributed by atoms with Crippen LogP contribution in [0.2, 0.25) is 0 Å². The summed E-state index contributed by atoms with van der Waals surface area (Å²) in [6.07, 6.45) is 3.37. The van der Waals surface area contributed by atoms with E-state index < -0.39 is 0 Å². The van der Waals surface area contributed by atoms with Gasteiger partial charge in [-0.1, -0.05) is 18.2 Å². The minimum absolute atomic E-state index is 0.116. The van der Waals surface area contributed by atoms with Crippen LogP contribution in [0, 0.1) is 5.82 Å². The monoisotopic (exact) mass is 432 g/mol. The number of hydrogen-bond donors (Lipinski definition) is 2. The number of hydrogen-bond acceptors (Lipinski definition) is 4. The topological polar surface area (TPSA) is 89.2 Å². The van der Waals surface area contributed by atoms with Crippen molar-refractivity contribution >= 4 is 11.8 Å². The number of rotatable bonds is 8. The lowest BCUT2D eigenvalue weighted by atomic mass is 10.1. The summed E-state index contributed by atoms with van der Waals surface area (Å²) < 4.78 is 20.1. The summed E-state index contributed by atoms with van der Waals surface area (Å²) in [6, 6.07) is 18.8. The summed E-state index contributed by atoms with van der Waals surface area (Å²) >= 11 is 0. The van der Waals surface area contributed by atoms with Gasteiger partial charge in [0.2, 0.25) is 5.91 Å². The molecule has 0 saturated carbocycles. The minimum atomic E-state index is -0.370. The number of nitrogens with zero attached hydrogens (tertiary/aromatic N) is 2. The van der Waals surface area contributed by atoms with Crippen molar-refractivity contribution in [1.29, 1.82) is 0 Å². The van der Waals surface area contributed by atoms with Gasteiger partial charge >= 0.3 is 0 Å². The van der Waals surface area contributed by atoms with Gasteiger partial charge < -0.3 is 15.1 Å². The highest BCUT2D eigenvalue weighted by molar-refractivity contribution is 5.91. The lowest BCUT2D eigenvalue weighted by molar-refractivity contribution is -0.121. The molecule has 7 nitrogen and oxygen atoms in total. The number of amides is 2. The smallest absolute Gasteiger partial charge is 0.286 e. The van der Waals surface area contributed by atoms with Crippen molar-refractivity contribution in [2.24, 2.45) is 0 Å². The first-order chi connectivity index (χ1) is 15.6. The van der Waals surface area contributed by atoms with E-state index in [0.29, 0.717) is 5.69 Å². The Morgan fingerprint density at radius 2 is 1.75 bits per heavy atom. The highest BCUT2D eigenvalue weighted by Crippen LogP contribution is 2.24. The summed E-state index contributed by atoms with van der Waals surface area (Å²) in [7, 11) is 0. The number of halogens is 1. The maximum absolute atomic E-state index is 13.4. The first kappa shape index (κ1) is 21.0. The van der Waals surface area contributed by atoms with Crippen molar-refractivity contribution in [2.75, 3.05) is 6.54 Å². The SMILES string of the molecule is O=C(CCNC(=O)c1ccco1)NCc1cn(-c2ccccc2)nc1-c1ccc(F)cc1. The van der Waals surface area contributed by atoms with Gasteiger partial charge in [-0.25, -0.2) is 9.07 Å². The van der Waals surface area contributed by atoms with Gasteiger partial charge in [0.05, 0.1) is 17.6 Å². The standard InChI is InChI=1S/C24H21FN4O3/c25-19-10-8-17(9-11-19)23-18(16-29(28-23)20-5-2-1-3-6-20)15-27-22(30)12-13-26-24(31)21-7-4-14-32-21/h1-11,14,16H,12-13,15H2,(H,26,31)(H,27,30). The molecule has 0 fully saturated rings. The number of carbonyl (C=O) groups is 2. The molecular weight excluding hydrogens is 411 g/mol. The third-order valence-electron chi connectivity index (χ3n) is 4.79. The molecule has 0 radical (unpaired) electrons. The van der Waals surface area contributed by atoms with E-state index >= 15 is 0 Å². The van der Waals surface area contributed by atoms with Crippen LogP contribution >= 0.6 is 0 Å². The van der Waals surface area contributed by atoms with E-state index in [1.807, 2.05) is 36.5 Å². The van der Waals surface area contributed by atoms with E-state index in [1.165, 1.54) is 18.4 Å². The Kier molecular flexibility index (Phi) is 6.41. The lowest BCUT2D eigenvalue weighted by Gasteiger charge is -2.06. The molecular formula is C24H21FN4O3. The van der Waals surface area contributed by atoms with Crippen molar-refractivity contribution in [3.63, 3.8) is 0 Å². The molecule has 0 aliphatic heterocycles. The quantitative estimate of drug-likeness (QED) is 0.444. The Morgan fingerprint density at radius 1 is 0.969 bits per heavy atom. The molecule has 0 saturated heterocycles. The van der Waals surface area contributed by atoms with Crippen molar-refractivity contribution in [1.82, 2.24) is 20.4 Å². The number of furan rings is 1. The zero-order valence-corrected chi connectivity index (χ0v) is 17.1. The molecule has 0 spiro atoms. The van der Waals surface area contributed by atoms with Crippen molar-refractivity contribution < 1.29 is 18.4 Å². The van der Waals surface area contributed by atoms with Crippen LogP contribution in [0.1, 0.15) is 22.5 Å². The third kappa shape index (κ3) is 5.10. The summed E-state index contributed by atoms with van der Waals surface area (Å²) in [4.78, 5) is 24.1. The van der Waals surface area contributed by atoms with Crippen LogP contribution in [0.5, 0.6) is 0 Å². The maximum Gasteiger partial charge on any atom is 0.286 e. The van der Waals surface area contributed by atoms with Gasteiger partial charge in [-0.15, -0.1) is 0 Å². The Morgan fingerprint density at radius 3 is 2.47 bits per heavy atom. The molecule has 0 atom stereocenters. The molecule has 162 valence electrons. The van der Waals surface area contributed by atoms with Crippen LogP contribution in [-0.2, 0) is 11.3 Å². The maximum atomic E-state index is 13.4. The Hall–Kier alpha value is -4.20. The second kappa shape index (κ2) is 9.74. The van der Waals surface area contributed by atoms with Crippen LogP contribution in [-0.4, -0.2) is 28.1 Å². The van der Waals surface area contributed by atoms with Gasteiger partial charge in [-0.3, -0.25) is 9.59 Å². The van der Waals surface area contributed by atoms with Gasteiger partial charge in [-0.05, 0) is 48.5 Å². The predicted octanol–water partition coefficient (Wildman–Crippen LogP) is 3.71.